The topological polar surface area (TPSA) is 44.2 Å². The molecule has 4 aromatic rings. The number of hydrogen-bond acceptors (Lipinski definition) is 4. The van der Waals surface area contributed by atoms with Crippen LogP contribution >= 0.6 is 0 Å². The average molecular weight is 447 g/mol. The van der Waals surface area contributed by atoms with Crippen LogP contribution in [0.5, 0.6) is 11.5 Å². The third-order valence-corrected chi connectivity index (χ3v) is 6.79. The zero-order chi connectivity index (χ0) is 20.1. The van der Waals surface area contributed by atoms with Crippen molar-refractivity contribution < 1.29 is 9.47 Å². The van der Waals surface area contributed by atoms with E-state index in [4.69, 9.17) is 9.47 Å². The second kappa shape index (κ2) is 8.91. The Morgan fingerprint density at radius 1 is 0.586 bits per heavy atom. The molecule has 0 bridgehead atoms. The van der Waals surface area contributed by atoms with Crippen LogP contribution in [0.25, 0.3) is 22.5 Å². The first-order valence-electron chi connectivity index (χ1n) is 9.15. The summed E-state index contributed by atoms with van der Waals surface area (Å²) >= 11 is 0.0487. The molecular weight excluding hydrogens is 427 g/mol. The molecule has 2 heterocycles. The summed E-state index contributed by atoms with van der Waals surface area (Å²) in [5.41, 5.74) is 4.16. The molecule has 0 radical (unpaired) electrons. The van der Waals surface area contributed by atoms with Crippen molar-refractivity contribution in [1.82, 2.24) is 9.97 Å². The van der Waals surface area contributed by atoms with Gasteiger partial charge in [0.2, 0.25) is 0 Å². The molecule has 0 aliphatic rings. The first-order chi connectivity index (χ1) is 14.3. The summed E-state index contributed by atoms with van der Waals surface area (Å²) in [6.07, 6.45) is 3.68. The Kier molecular flexibility index (Phi) is 5.89. The number of rotatable bonds is 6. The normalized spacial score (nSPS) is 10.6. The maximum absolute atomic E-state index is 5.28. The number of nitrogens with zero attached hydrogens (tertiary/aromatic N) is 2. The quantitative estimate of drug-likeness (QED) is 0.425. The minimum atomic E-state index is 0.0487. The molecule has 0 atom stereocenters. The molecular formula is C24H20N2O2Se. The van der Waals surface area contributed by atoms with Crippen molar-refractivity contribution in [2.45, 2.75) is 0 Å². The van der Waals surface area contributed by atoms with E-state index in [1.54, 1.807) is 14.2 Å². The minimum absolute atomic E-state index is 0.0487. The second-order valence-electron chi connectivity index (χ2n) is 6.26. The molecule has 29 heavy (non-hydrogen) atoms. The number of benzene rings is 2. The molecule has 144 valence electrons. The van der Waals surface area contributed by atoms with Crippen molar-refractivity contribution in [3.63, 3.8) is 0 Å². The van der Waals surface area contributed by atoms with E-state index in [0.717, 1.165) is 34.0 Å². The van der Waals surface area contributed by atoms with E-state index in [2.05, 4.69) is 22.1 Å². The number of methoxy groups -OCH3 is 2. The van der Waals surface area contributed by atoms with Crippen molar-refractivity contribution in [2.75, 3.05) is 14.2 Å². The summed E-state index contributed by atoms with van der Waals surface area (Å²) in [4.78, 5) is 9.33. The zero-order valence-electron chi connectivity index (χ0n) is 16.2. The van der Waals surface area contributed by atoms with Crippen LogP contribution in [-0.4, -0.2) is 39.1 Å². The van der Waals surface area contributed by atoms with Gasteiger partial charge in [0.05, 0.1) is 0 Å². The van der Waals surface area contributed by atoms with Crippen LogP contribution in [0, 0.1) is 0 Å². The van der Waals surface area contributed by atoms with Crippen LogP contribution in [0.15, 0.2) is 85.2 Å². The predicted octanol–water partition coefficient (Wildman–Crippen LogP) is 3.48. The van der Waals surface area contributed by atoms with Crippen LogP contribution in [-0.2, 0) is 0 Å². The molecule has 0 saturated heterocycles. The van der Waals surface area contributed by atoms with Gasteiger partial charge in [-0.2, -0.15) is 0 Å². The van der Waals surface area contributed by atoms with Crippen molar-refractivity contribution in [3.8, 4) is 34.0 Å². The van der Waals surface area contributed by atoms with Crippen LogP contribution in [0.4, 0.5) is 0 Å². The fourth-order valence-corrected chi connectivity index (χ4v) is 5.23. The van der Waals surface area contributed by atoms with E-state index < -0.39 is 0 Å². The molecule has 0 amide bonds. The van der Waals surface area contributed by atoms with Crippen molar-refractivity contribution in [2.24, 2.45) is 0 Å². The number of aromatic nitrogens is 2. The molecule has 4 nitrogen and oxygen atoms in total. The van der Waals surface area contributed by atoms with Crippen molar-refractivity contribution in [3.05, 3.63) is 85.2 Å². The standard InChI is InChI=1S/C24H20N2O2Se/c1-27-19-11-7-17(8-12-19)23-21(5-3-15-25-23)29-22-6-4-16-26-24(22)18-9-13-20(28-2)14-10-18/h3-16H,1-2H3. The number of ether oxygens (including phenoxy) is 2. The van der Waals surface area contributed by atoms with Crippen LogP contribution < -0.4 is 18.4 Å². The van der Waals surface area contributed by atoms with Gasteiger partial charge in [0.25, 0.3) is 0 Å². The van der Waals surface area contributed by atoms with Gasteiger partial charge in [-0.05, 0) is 0 Å². The second-order valence-corrected chi connectivity index (χ2v) is 8.53. The van der Waals surface area contributed by atoms with Crippen LogP contribution in [0.2, 0.25) is 0 Å². The van der Waals surface area contributed by atoms with Gasteiger partial charge in [0, 0.05) is 0 Å². The van der Waals surface area contributed by atoms with Crippen molar-refractivity contribution in [1.29, 1.82) is 0 Å². The SMILES string of the molecule is COc1ccc(-c2ncccc2[Se]c2cccnc2-c2ccc(OC)cc2)cc1. The van der Waals surface area contributed by atoms with E-state index in [9.17, 15) is 0 Å². The fourth-order valence-electron chi connectivity index (χ4n) is 3.00. The van der Waals surface area contributed by atoms with E-state index in [1.165, 1.54) is 8.92 Å². The van der Waals surface area contributed by atoms with E-state index >= 15 is 0 Å². The Labute approximate surface area is 176 Å². The van der Waals surface area contributed by atoms with Gasteiger partial charge < -0.3 is 0 Å². The Morgan fingerprint density at radius 2 is 1.00 bits per heavy atom. The van der Waals surface area contributed by atoms with Gasteiger partial charge in [-0.25, -0.2) is 0 Å². The Bertz CT molecular complexity index is 1010. The molecule has 5 heteroatoms. The summed E-state index contributed by atoms with van der Waals surface area (Å²) in [5.74, 6) is 1.68. The number of pyridine rings is 2. The van der Waals surface area contributed by atoms with Gasteiger partial charge in [-0.1, -0.05) is 0 Å². The molecule has 0 aliphatic carbocycles. The number of hydrogen-bond donors (Lipinski definition) is 0. The van der Waals surface area contributed by atoms with Gasteiger partial charge in [-0.3, -0.25) is 0 Å². The first kappa shape index (κ1) is 19.2. The molecule has 2 aromatic carbocycles. The molecule has 4 rings (SSSR count). The van der Waals surface area contributed by atoms with Crippen LogP contribution in [0.1, 0.15) is 0 Å². The Morgan fingerprint density at radius 3 is 1.38 bits per heavy atom. The summed E-state index contributed by atoms with van der Waals surface area (Å²) in [6.45, 7) is 0. The molecule has 0 aliphatic heterocycles. The summed E-state index contributed by atoms with van der Waals surface area (Å²) in [5, 5.41) is 0. The van der Waals surface area contributed by atoms with Crippen molar-refractivity contribution >= 4 is 23.9 Å². The monoisotopic (exact) mass is 448 g/mol. The van der Waals surface area contributed by atoms with Gasteiger partial charge in [0.15, 0.2) is 0 Å². The Hall–Kier alpha value is -3.14. The summed E-state index contributed by atoms with van der Waals surface area (Å²) < 4.78 is 13.0. The first-order valence-corrected chi connectivity index (χ1v) is 10.9. The van der Waals surface area contributed by atoms with Gasteiger partial charge in [-0.15, -0.1) is 0 Å². The predicted molar refractivity (Wildman–Crippen MR) is 117 cm³/mol. The third-order valence-electron chi connectivity index (χ3n) is 4.49. The zero-order valence-corrected chi connectivity index (χ0v) is 17.9. The van der Waals surface area contributed by atoms with E-state index in [-0.39, 0.29) is 15.0 Å². The third kappa shape index (κ3) is 4.32. The molecule has 0 unspecified atom stereocenters. The van der Waals surface area contributed by atoms with Gasteiger partial charge in [0.1, 0.15) is 0 Å². The molecule has 0 spiro atoms. The summed E-state index contributed by atoms with van der Waals surface area (Å²) in [7, 11) is 3.35. The molecule has 0 saturated carbocycles. The van der Waals surface area contributed by atoms with E-state index in [1.807, 2.05) is 73.1 Å². The summed E-state index contributed by atoms with van der Waals surface area (Å²) in [6, 6.07) is 24.4. The average Bonchev–Trinajstić information content (AvgIpc) is 2.80. The maximum atomic E-state index is 5.28. The van der Waals surface area contributed by atoms with E-state index in [0.29, 0.717) is 0 Å². The molecule has 0 fully saturated rings. The molecule has 0 N–H and O–H groups in total. The Balaban J connectivity index is 1.70. The fraction of sp³-hybridized carbons (Fsp3) is 0.0833. The molecule has 2 aromatic heterocycles. The van der Waals surface area contributed by atoms with Gasteiger partial charge >= 0.3 is 177 Å². The van der Waals surface area contributed by atoms with Crippen LogP contribution in [0.3, 0.4) is 0 Å².